The monoisotopic (exact) mass is 351 g/mol. The summed E-state index contributed by atoms with van der Waals surface area (Å²) >= 11 is 4.93. The second kappa shape index (κ2) is 5.68. The number of rotatable bonds is 2. The molecule has 5 heteroatoms. The lowest BCUT2D eigenvalue weighted by molar-refractivity contribution is 0.0956. The smallest absolute Gasteiger partial charge is 0.251 e. The highest BCUT2D eigenvalue weighted by molar-refractivity contribution is 9.11. The molecule has 0 bridgehead atoms. The van der Waals surface area contributed by atoms with Crippen LogP contribution in [0.25, 0.3) is 0 Å². The molecule has 20 heavy (non-hydrogen) atoms. The van der Waals surface area contributed by atoms with E-state index in [0.717, 1.165) is 33.3 Å². The summed E-state index contributed by atoms with van der Waals surface area (Å²) in [7, 11) is 0. The molecule has 1 unspecified atom stereocenters. The van der Waals surface area contributed by atoms with Gasteiger partial charge in [0.05, 0.1) is 3.79 Å². The Kier molecular flexibility index (Phi) is 3.92. The highest BCUT2D eigenvalue weighted by Crippen LogP contribution is 2.30. The second-order valence-electron chi connectivity index (χ2n) is 4.86. The van der Waals surface area contributed by atoms with Crippen LogP contribution < -0.4 is 5.32 Å². The molecule has 3 rings (SSSR count). The van der Waals surface area contributed by atoms with Crippen molar-refractivity contribution < 1.29 is 9.90 Å². The first kappa shape index (κ1) is 13.8. The van der Waals surface area contributed by atoms with E-state index in [4.69, 9.17) is 0 Å². The number of thiophene rings is 1. The first-order valence-corrected chi connectivity index (χ1v) is 8.15. The maximum atomic E-state index is 12.0. The van der Waals surface area contributed by atoms with Crippen LogP contribution >= 0.6 is 27.3 Å². The van der Waals surface area contributed by atoms with Gasteiger partial charge in [0.2, 0.25) is 0 Å². The quantitative estimate of drug-likeness (QED) is 0.872. The number of halogens is 1. The number of aliphatic hydroxyl groups is 1. The SMILES string of the molecule is O=C1NCCCc2ccc(C(O)c3csc(Br)c3)cc21. The van der Waals surface area contributed by atoms with Gasteiger partial charge in [0, 0.05) is 12.1 Å². The largest absolute Gasteiger partial charge is 0.384 e. The lowest BCUT2D eigenvalue weighted by Gasteiger charge is -2.12. The zero-order valence-corrected chi connectivity index (χ0v) is 13.1. The molecule has 2 heterocycles. The number of nitrogens with one attached hydrogen (secondary N) is 1. The van der Waals surface area contributed by atoms with Crippen molar-refractivity contribution in [1.82, 2.24) is 5.32 Å². The molecule has 1 amide bonds. The van der Waals surface area contributed by atoms with E-state index in [9.17, 15) is 9.90 Å². The summed E-state index contributed by atoms with van der Waals surface area (Å²) in [5, 5.41) is 15.2. The van der Waals surface area contributed by atoms with Gasteiger partial charge in [-0.15, -0.1) is 11.3 Å². The van der Waals surface area contributed by atoms with Gasteiger partial charge in [-0.2, -0.15) is 0 Å². The Morgan fingerprint density at radius 2 is 2.15 bits per heavy atom. The number of benzene rings is 1. The van der Waals surface area contributed by atoms with Crippen molar-refractivity contribution in [1.29, 1.82) is 0 Å². The Bertz CT molecular complexity index is 653. The van der Waals surface area contributed by atoms with Crippen LogP contribution in [0.1, 0.15) is 39.6 Å². The Hall–Kier alpha value is -1.17. The lowest BCUT2D eigenvalue weighted by Crippen LogP contribution is -2.22. The van der Waals surface area contributed by atoms with Gasteiger partial charge in [0.15, 0.2) is 0 Å². The van der Waals surface area contributed by atoms with E-state index >= 15 is 0 Å². The molecule has 2 N–H and O–H groups in total. The van der Waals surface area contributed by atoms with E-state index in [1.165, 1.54) is 11.3 Å². The first-order chi connectivity index (χ1) is 9.65. The Balaban J connectivity index is 1.97. The fourth-order valence-corrected chi connectivity index (χ4v) is 3.62. The van der Waals surface area contributed by atoms with Crippen LogP contribution in [0.2, 0.25) is 0 Å². The Labute approximate surface area is 129 Å². The van der Waals surface area contributed by atoms with E-state index in [1.54, 1.807) is 0 Å². The summed E-state index contributed by atoms with van der Waals surface area (Å²) in [6.07, 6.45) is 1.16. The maximum Gasteiger partial charge on any atom is 0.251 e. The minimum atomic E-state index is -0.695. The van der Waals surface area contributed by atoms with Gasteiger partial charge in [0.25, 0.3) is 5.91 Å². The molecule has 3 nitrogen and oxygen atoms in total. The van der Waals surface area contributed by atoms with E-state index in [0.29, 0.717) is 12.1 Å². The van der Waals surface area contributed by atoms with Crippen LogP contribution in [0.4, 0.5) is 0 Å². The van der Waals surface area contributed by atoms with E-state index < -0.39 is 6.10 Å². The standard InChI is InChI=1S/C15H14BrNO2S/c16-13-7-11(8-20-13)14(18)10-4-3-9-2-1-5-17-15(19)12(9)6-10/h3-4,6-8,14,18H,1-2,5H2,(H,17,19). The minimum absolute atomic E-state index is 0.0435. The van der Waals surface area contributed by atoms with Crippen molar-refractivity contribution in [3.63, 3.8) is 0 Å². The van der Waals surface area contributed by atoms with E-state index in [2.05, 4.69) is 21.2 Å². The number of aryl methyl sites for hydroxylation is 1. The van der Waals surface area contributed by atoms with Crippen molar-refractivity contribution in [3.05, 3.63) is 55.7 Å². The van der Waals surface area contributed by atoms with Crippen molar-refractivity contribution in [3.8, 4) is 0 Å². The predicted octanol–water partition coefficient (Wildman–Crippen LogP) is 3.27. The Morgan fingerprint density at radius 3 is 2.90 bits per heavy atom. The highest BCUT2D eigenvalue weighted by atomic mass is 79.9. The van der Waals surface area contributed by atoms with Crippen LogP contribution in [0.3, 0.4) is 0 Å². The van der Waals surface area contributed by atoms with Gasteiger partial charge in [-0.05, 0) is 63.0 Å². The van der Waals surface area contributed by atoms with Crippen molar-refractivity contribution in [2.24, 2.45) is 0 Å². The normalized spacial score (nSPS) is 16.2. The Morgan fingerprint density at radius 1 is 1.30 bits per heavy atom. The summed E-state index contributed by atoms with van der Waals surface area (Å²) in [5.41, 5.74) is 3.35. The van der Waals surface area contributed by atoms with Crippen LogP contribution in [-0.2, 0) is 6.42 Å². The van der Waals surface area contributed by atoms with Crippen molar-refractivity contribution >= 4 is 33.2 Å². The fraction of sp³-hybridized carbons (Fsp3) is 0.267. The van der Waals surface area contributed by atoms with Crippen LogP contribution in [0.15, 0.2) is 33.4 Å². The zero-order chi connectivity index (χ0) is 14.1. The molecule has 1 aromatic heterocycles. The lowest BCUT2D eigenvalue weighted by atomic mass is 9.96. The van der Waals surface area contributed by atoms with Gasteiger partial charge >= 0.3 is 0 Å². The highest BCUT2D eigenvalue weighted by Gasteiger charge is 2.19. The summed E-state index contributed by atoms with van der Waals surface area (Å²) in [6.45, 7) is 0.711. The zero-order valence-electron chi connectivity index (χ0n) is 10.7. The van der Waals surface area contributed by atoms with Gasteiger partial charge in [-0.1, -0.05) is 12.1 Å². The average molecular weight is 352 g/mol. The molecule has 0 saturated heterocycles. The van der Waals surface area contributed by atoms with Crippen LogP contribution in [-0.4, -0.2) is 17.6 Å². The summed E-state index contributed by atoms with van der Waals surface area (Å²) in [6, 6.07) is 7.58. The molecule has 1 aromatic carbocycles. The number of carbonyl (C=O) groups is 1. The fourth-order valence-electron chi connectivity index (χ4n) is 2.43. The molecule has 0 fully saturated rings. The molecule has 1 aliphatic heterocycles. The maximum absolute atomic E-state index is 12.0. The van der Waals surface area contributed by atoms with Crippen LogP contribution in [0, 0.1) is 0 Å². The number of carbonyl (C=O) groups excluding carboxylic acids is 1. The molecular weight excluding hydrogens is 338 g/mol. The molecular formula is C15H14BrNO2S. The number of hydrogen-bond acceptors (Lipinski definition) is 3. The van der Waals surface area contributed by atoms with Crippen LogP contribution in [0.5, 0.6) is 0 Å². The van der Waals surface area contributed by atoms with E-state index in [-0.39, 0.29) is 5.91 Å². The third-order valence-corrected chi connectivity index (χ3v) is 5.03. The topological polar surface area (TPSA) is 49.3 Å². The molecule has 0 radical (unpaired) electrons. The molecule has 0 spiro atoms. The number of amides is 1. The predicted molar refractivity (Wildman–Crippen MR) is 83.2 cm³/mol. The van der Waals surface area contributed by atoms with Gasteiger partial charge < -0.3 is 10.4 Å². The molecule has 0 saturated carbocycles. The number of hydrogen-bond donors (Lipinski definition) is 2. The second-order valence-corrected chi connectivity index (χ2v) is 7.15. The summed E-state index contributed by atoms with van der Waals surface area (Å²) < 4.78 is 0.985. The first-order valence-electron chi connectivity index (χ1n) is 6.48. The third-order valence-electron chi connectivity index (χ3n) is 3.51. The average Bonchev–Trinajstić information content (AvgIpc) is 2.80. The third kappa shape index (κ3) is 2.66. The molecule has 1 atom stereocenters. The minimum Gasteiger partial charge on any atom is -0.384 e. The number of aliphatic hydroxyl groups excluding tert-OH is 1. The molecule has 104 valence electrons. The van der Waals surface area contributed by atoms with Gasteiger partial charge in [-0.25, -0.2) is 0 Å². The molecule has 0 aliphatic carbocycles. The van der Waals surface area contributed by atoms with Gasteiger partial charge in [0.1, 0.15) is 6.10 Å². The molecule has 1 aliphatic rings. The van der Waals surface area contributed by atoms with Gasteiger partial charge in [-0.3, -0.25) is 4.79 Å². The summed E-state index contributed by atoms with van der Waals surface area (Å²) in [5.74, 6) is -0.0435. The number of fused-ring (bicyclic) bond motifs is 1. The van der Waals surface area contributed by atoms with Crippen molar-refractivity contribution in [2.75, 3.05) is 6.54 Å². The van der Waals surface area contributed by atoms with Crippen molar-refractivity contribution in [2.45, 2.75) is 18.9 Å². The van der Waals surface area contributed by atoms with E-state index in [1.807, 2.05) is 29.6 Å². The summed E-state index contributed by atoms with van der Waals surface area (Å²) in [4.78, 5) is 12.0. The molecule has 2 aromatic rings.